The maximum Gasteiger partial charge on any atom is 0.260 e. The number of nitriles is 2. The Balaban J connectivity index is 2.20. The summed E-state index contributed by atoms with van der Waals surface area (Å²) >= 11 is 1.51. The van der Waals surface area contributed by atoms with E-state index in [1.165, 1.54) is 11.8 Å². The van der Waals surface area contributed by atoms with E-state index in [0.29, 0.717) is 30.9 Å². The molecule has 0 saturated heterocycles. The summed E-state index contributed by atoms with van der Waals surface area (Å²) in [6.45, 7) is 1.84. The molecule has 0 aliphatic carbocycles. The van der Waals surface area contributed by atoms with Crippen LogP contribution >= 0.6 is 11.8 Å². The summed E-state index contributed by atoms with van der Waals surface area (Å²) in [5.41, 5.74) is -0.0115. The molecule has 24 heavy (non-hydrogen) atoms. The summed E-state index contributed by atoms with van der Waals surface area (Å²) in [5, 5.41) is 18.1. The number of carbonyl (C=O) groups excluding carboxylic acids is 1. The Hall–Kier alpha value is -2.31. The van der Waals surface area contributed by atoms with Gasteiger partial charge in [0.1, 0.15) is 5.54 Å². The maximum absolute atomic E-state index is 13.0. The lowest BCUT2D eigenvalue weighted by Gasteiger charge is -2.22. The number of carbonyl (C=O) groups is 1. The SMILES string of the molecule is CC1(CCCC#N)N=C(SCCCC#N)N(c2ccccc2)C1=O. The first-order chi connectivity index (χ1) is 11.6. The van der Waals surface area contributed by atoms with Crippen molar-refractivity contribution in [2.75, 3.05) is 10.7 Å². The smallest absolute Gasteiger partial charge is 0.260 e. The molecule has 0 radical (unpaired) electrons. The van der Waals surface area contributed by atoms with Crippen molar-refractivity contribution in [1.29, 1.82) is 10.5 Å². The molecule has 1 aliphatic rings. The molecule has 0 saturated carbocycles. The van der Waals surface area contributed by atoms with E-state index in [1.807, 2.05) is 37.3 Å². The van der Waals surface area contributed by atoms with Crippen LogP contribution in [0.4, 0.5) is 5.69 Å². The number of thioether (sulfide) groups is 1. The van der Waals surface area contributed by atoms with Gasteiger partial charge in [-0.05, 0) is 38.3 Å². The fraction of sp³-hybridized carbons (Fsp3) is 0.444. The highest BCUT2D eigenvalue weighted by molar-refractivity contribution is 8.14. The molecule has 1 aliphatic heterocycles. The number of nitrogens with zero attached hydrogens (tertiary/aromatic N) is 4. The quantitative estimate of drug-likeness (QED) is 0.705. The highest BCUT2D eigenvalue weighted by atomic mass is 32.2. The third-order valence-electron chi connectivity index (χ3n) is 3.83. The number of anilines is 1. The molecule has 1 aromatic rings. The Morgan fingerprint density at radius 1 is 1.17 bits per heavy atom. The summed E-state index contributed by atoms with van der Waals surface area (Å²) in [7, 11) is 0. The van der Waals surface area contributed by atoms with Crippen molar-refractivity contribution in [2.24, 2.45) is 4.99 Å². The Morgan fingerprint density at radius 2 is 1.83 bits per heavy atom. The first kappa shape index (κ1) is 18.0. The van der Waals surface area contributed by atoms with E-state index in [9.17, 15) is 4.79 Å². The molecule has 5 nitrogen and oxygen atoms in total. The van der Waals surface area contributed by atoms with E-state index in [1.54, 1.807) is 4.90 Å². The number of unbranched alkanes of at least 4 members (excludes halogenated alkanes) is 2. The molecule has 1 amide bonds. The van der Waals surface area contributed by atoms with Crippen molar-refractivity contribution in [3.63, 3.8) is 0 Å². The van der Waals surface area contributed by atoms with Crippen molar-refractivity contribution in [3.05, 3.63) is 30.3 Å². The Kier molecular flexibility index (Phi) is 6.40. The highest BCUT2D eigenvalue weighted by Gasteiger charge is 2.44. The van der Waals surface area contributed by atoms with Crippen molar-refractivity contribution in [1.82, 2.24) is 0 Å². The molecule has 0 aromatic heterocycles. The number of para-hydroxylation sites is 1. The number of amidine groups is 1. The van der Waals surface area contributed by atoms with Crippen LogP contribution in [-0.2, 0) is 4.79 Å². The van der Waals surface area contributed by atoms with Crippen molar-refractivity contribution < 1.29 is 4.79 Å². The third kappa shape index (κ3) is 4.15. The number of hydrogen-bond acceptors (Lipinski definition) is 5. The molecule has 1 heterocycles. The van der Waals surface area contributed by atoms with Gasteiger partial charge < -0.3 is 0 Å². The topological polar surface area (TPSA) is 80.2 Å². The monoisotopic (exact) mass is 340 g/mol. The Labute approximate surface area is 147 Å². The molecule has 1 aromatic carbocycles. The van der Waals surface area contributed by atoms with E-state index in [4.69, 9.17) is 15.5 Å². The fourth-order valence-corrected chi connectivity index (χ4v) is 3.58. The van der Waals surface area contributed by atoms with Crippen LogP contribution in [0.2, 0.25) is 0 Å². The molecule has 2 rings (SSSR count). The zero-order valence-corrected chi connectivity index (χ0v) is 14.6. The van der Waals surface area contributed by atoms with E-state index >= 15 is 0 Å². The van der Waals surface area contributed by atoms with Gasteiger partial charge in [-0.2, -0.15) is 10.5 Å². The minimum absolute atomic E-state index is 0.0468. The van der Waals surface area contributed by atoms with Crippen LogP contribution in [0, 0.1) is 22.7 Å². The first-order valence-electron chi connectivity index (χ1n) is 7.98. The molecule has 0 spiro atoms. The van der Waals surface area contributed by atoms with Gasteiger partial charge in [-0.15, -0.1) is 0 Å². The highest BCUT2D eigenvalue weighted by Crippen LogP contribution is 2.35. The van der Waals surface area contributed by atoms with Gasteiger partial charge in [0, 0.05) is 18.6 Å². The zero-order valence-electron chi connectivity index (χ0n) is 13.7. The summed E-state index contributed by atoms with van der Waals surface area (Å²) in [4.78, 5) is 19.3. The number of hydrogen-bond donors (Lipinski definition) is 0. The van der Waals surface area contributed by atoms with Crippen molar-refractivity contribution in [2.45, 2.75) is 44.6 Å². The Bertz CT molecular complexity index is 689. The number of amides is 1. The van der Waals surface area contributed by atoms with Gasteiger partial charge in [-0.1, -0.05) is 30.0 Å². The van der Waals surface area contributed by atoms with E-state index < -0.39 is 5.54 Å². The van der Waals surface area contributed by atoms with Gasteiger partial charge in [0.2, 0.25) is 0 Å². The van der Waals surface area contributed by atoms with Crippen molar-refractivity contribution in [3.8, 4) is 12.1 Å². The largest absolute Gasteiger partial charge is 0.271 e. The molecule has 124 valence electrons. The molecule has 0 bridgehead atoms. The van der Waals surface area contributed by atoms with Crippen molar-refractivity contribution >= 4 is 28.5 Å². The lowest BCUT2D eigenvalue weighted by atomic mass is 9.95. The van der Waals surface area contributed by atoms with Gasteiger partial charge in [0.15, 0.2) is 5.17 Å². The standard InChI is InChI=1S/C18H20N4OS/c1-18(11-5-6-12-19)16(23)22(15-9-3-2-4-10-15)17(21-18)24-14-8-7-13-20/h2-4,9-10H,5-8,11,14H2,1H3. The van der Waals surface area contributed by atoms with Gasteiger partial charge in [0.05, 0.1) is 17.8 Å². The minimum atomic E-state index is -0.815. The van der Waals surface area contributed by atoms with Crippen LogP contribution in [0.1, 0.15) is 39.0 Å². The third-order valence-corrected chi connectivity index (χ3v) is 4.85. The second-order valence-electron chi connectivity index (χ2n) is 5.77. The predicted octanol–water partition coefficient (Wildman–Crippen LogP) is 3.88. The summed E-state index contributed by atoms with van der Waals surface area (Å²) in [6, 6.07) is 13.7. The normalized spacial score (nSPS) is 19.7. The zero-order chi connectivity index (χ0) is 17.4. The number of aliphatic imine (C=N–C) groups is 1. The van der Waals surface area contributed by atoms with Gasteiger partial charge in [-0.3, -0.25) is 9.69 Å². The average molecular weight is 340 g/mol. The molecule has 0 fully saturated rings. The lowest BCUT2D eigenvalue weighted by Crippen LogP contribution is -2.40. The maximum atomic E-state index is 13.0. The van der Waals surface area contributed by atoms with E-state index in [-0.39, 0.29) is 5.91 Å². The Morgan fingerprint density at radius 3 is 2.50 bits per heavy atom. The van der Waals surface area contributed by atoms with E-state index in [2.05, 4.69) is 12.1 Å². The van der Waals surface area contributed by atoms with Crippen LogP contribution in [-0.4, -0.2) is 22.4 Å². The molecule has 0 N–H and O–H groups in total. The molecular formula is C18H20N4OS. The average Bonchev–Trinajstić information content (AvgIpc) is 2.84. The second kappa shape index (κ2) is 8.52. The molecule has 1 atom stereocenters. The predicted molar refractivity (Wildman–Crippen MR) is 96.5 cm³/mol. The first-order valence-corrected chi connectivity index (χ1v) is 8.97. The summed E-state index contributed by atoms with van der Waals surface area (Å²) in [6.07, 6.45) is 2.90. The molecular weight excluding hydrogens is 320 g/mol. The van der Waals surface area contributed by atoms with Gasteiger partial charge in [-0.25, -0.2) is 4.99 Å². The van der Waals surface area contributed by atoms with E-state index in [0.717, 1.165) is 17.9 Å². The van der Waals surface area contributed by atoms with Crippen LogP contribution in [0.5, 0.6) is 0 Å². The van der Waals surface area contributed by atoms with Gasteiger partial charge >= 0.3 is 0 Å². The van der Waals surface area contributed by atoms with Crippen LogP contribution < -0.4 is 4.90 Å². The molecule has 1 unspecified atom stereocenters. The number of benzene rings is 1. The van der Waals surface area contributed by atoms with Gasteiger partial charge in [0.25, 0.3) is 5.91 Å². The minimum Gasteiger partial charge on any atom is -0.271 e. The van der Waals surface area contributed by atoms with Crippen LogP contribution in [0.15, 0.2) is 35.3 Å². The molecule has 6 heteroatoms. The number of rotatable bonds is 7. The lowest BCUT2D eigenvalue weighted by molar-refractivity contribution is -0.121. The van der Waals surface area contributed by atoms with Crippen LogP contribution in [0.3, 0.4) is 0 Å². The fourth-order valence-electron chi connectivity index (χ4n) is 2.53. The summed E-state index contributed by atoms with van der Waals surface area (Å²) < 4.78 is 0. The summed E-state index contributed by atoms with van der Waals surface area (Å²) in [5.74, 6) is 0.700. The van der Waals surface area contributed by atoms with Crippen LogP contribution in [0.25, 0.3) is 0 Å². The second-order valence-corrected chi connectivity index (χ2v) is 6.83.